The molecular formula is C26H32FN3O3. The maximum Gasteiger partial charge on any atom is 0.253 e. The SMILES string of the molecule is Cc1ccc(CNC(=O)C2CCN(C(=O)c3ccc(C(=O)NC(C)(C)C)cc3)CC2)cc1F. The van der Waals surface area contributed by atoms with Crippen LogP contribution in [0.1, 0.15) is 65.5 Å². The zero-order chi connectivity index (χ0) is 24.2. The lowest BCUT2D eigenvalue weighted by Gasteiger charge is -2.31. The van der Waals surface area contributed by atoms with Gasteiger partial charge in [-0.1, -0.05) is 12.1 Å². The van der Waals surface area contributed by atoms with E-state index in [1.165, 1.54) is 6.07 Å². The molecule has 0 bridgehead atoms. The van der Waals surface area contributed by atoms with Crippen molar-refractivity contribution in [3.05, 3.63) is 70.5 Å². The third kappa shape index (κ3) is 6.63. The molecule has 0 saturated carbocycles. The maximum atomic E-state index is 13.7. The van der Waals surface area contributed by atoms with Gasteiger partial charge in [0.1, 0.15) is 5.82 Å². The molecule has 1 fully saturated rings. The molecule has 3 rings (SSSR count). The van der Waals surface area contributed by atoms with Crippen molar-refractivity contribution < 1.29 is 18.8 Å². The lowest BCUT2D eigenvalue weighted by Crippen LogP contribution is -2.43. The van der Waals surface area contributed by atoms with Gasteiger partial charge >= 0.3 is 0 Å². The molecule has 33 heavy (non-hydrogen) atoms. The fourth-order valence-corrected chi connectivity index (χ4v) is 3.78. The number of carbonyl (C=O) groups is 3. The molecule has 1 aliphatic rings. The number of amides is 3. The predicted molar refractivity (Wildman–Crippen MR) is 125 cm³/mol. The number of hydrogen-bond acceptors (Lipinski definition) is 3. The van der Waals surface area contributed by atoms with E-state index in [0.717, 1.165) is 5.56 Å². The van der Waals surface area contributed by atoms with Crippen LogP contribution < -0.4 is 10.6 Å². The van der Waals surface area contributed by atoms with Gasteiger partial charge in [-0.15, -0.1) is 0 Å². The fraction of sp³-hybridized carbons (Fsp3) is 0.423. The van der Waals surface area contributed by atoms with Crippen LogP contribution in [0, 0.1) is 18.7 Å². The van der Waals surface area contributed by atoms with Crippen LogP contribution in [0.15, 0.2) is 42.5 Å². The van der Waals surface area contributed by atoms with E-state index in [1.54, 1.807) is 48.2 Å². The van der Waals surface area contributed by atoms with Crippen molar-refractivity contribution in [1.29, 1.82) is 0 Å². The van der Waals surface area contributed by atoms with Gasteiger partial charge in [0, 0.05) is 42.2 Å². The number of piperidine rings is 1. The second-order valence-corrected chi connectivity index (χ2v) is 9.65. The number of hydrogen-bond donors (Lipinski definition) is 2. The molecule has 0 spiro atoms. The third-order valence-corrected chi connectivity index (χ3v) is 5.74. The Bertz CT molecular complexity index is 1020. The van der Waals surface area contributed by atoms with Crippen molar-refractivity contribution in [2.75, 3.05) is 13.1 Å². The van der Waals surface area contributed by atoms with Gasteiger partial charge in [-0.05, 0) is 82.0 Å². The number of nitrogens with zero attached hydrogens (tertiary/aromatic N) is 1. The molecule has 7 heteroatoms. The molecule has 0 aromatic heterocycles. The summed E-state index contributed by atoms with van der Waals surface area (Å²) in [5, 5.41) is 5.78. The summed E-state index contributed by atoms with van der Waals surface area (Å²) in [6, 6.07) is 11.6. The topological polar surface area (TPSA) is 78.5 Å². The van der Waals surface area contributed by atoms with Crippen LogP contribution in [0.3, 0.4) is 0 Å². The Morgan fingerprint density at radius 2 is 1.61 bits per heavy atom. The number of nitrogens with one attached hydrogen (secondary N) is 2. The summed E-state index contributed by atoms with van der Waals surface area (Å²) < 4.78 is 13.7. The second kappa shape index (κ2) is 10.1. The lowest BCUT2D eigenvalue weighted by atomic mass is 9.95. The quantitative estimate of drug-likeness (QED) is 0.722. The van der Waals surface area contributed by atoms with Crippen LogP contribution in [0.5, 0.6) is 0 Å². The van der Waals surface area contributed by atoms with E-state index in [2.05, 4.69) is 10.6 Å². The molecule has 1 aliphatic heterocycles. The first-order valence-corrected chi connectivity index (χ1v) is 11.3. The molecule has 1 heterocycles. The lowest BCUT2D eigenvalue weighted by molar-refractivity contribution is -0.126. The second-order valence-electron chi connectivity index (χ2n) is 9.65. The van der Waals surface area contributed by atoms with Crippen molar-refractivity contribution in [2.24, 2.45) is 5.92 Å². The average Bonchev–Trinajstić information content (AvgIpc) is 2.78. The molecule has 0 unspecified atom stereocenters. The van der Waals surface area contributed by atoms with Crippen molar-refractivity contribution in [1.82, 2.24) is 15.5 Å². The number of benzene rings is 2. The Morgan fingerprint density at radius 3 is 2.18 bits per heavy atom. The summed E-state index contributed by atoms with van der Waals surface area (Å²) in [4.78, 5) is 39.4. The number of aryl methyl sites for hydroxylation is 1. The van der Waals surface area contributed by atoms with Crippen LogP contribution in [0.25, 0.3) is 0 Å². The standard InChI is InChI=1S/C26H32FN3O3/c1-17-5-6-18(15-22(17)27)16-28-23(31)20-11-13-30(14-12-20)25(33)21-9-7-19(8-10-21)24(32)29-26(2,3)4/h5-10,15,20H,11-14,16H2,1-4H3,(H,28,31)(H,29,32). The first kappa shape index (κ1) is 24.4. The minimum Gasteiger partial charge on any atom is -0.352 e. The monoisotopic (exact) mass is 453 g/mol. The summed E-state index contributed by atoms with van der Waals surface area (Å²) in [7, 11) is 0. The van der Waals surface area contributed by atoms with E-state index in [9.17, 15) is 18.8 Å². The van der Waals surface area contributed by atoms with Gasteiger partial charge in [0.15, 0.2) is 0 Å². The van der Waals surface area contributed by atoms with Gasteiger partial charge < -0.3 is 15.5 Å². The van der Waals surface area contributed by atoms with E-state index in [4.69, 9.17) is 0 Å². The first-order chi connectivity index (χ1) is 15.5. The van der Waals surface area contributed by atoms with Crippen molar-refractivity contribution >= 4 is 17.7 Å². The van der Waals surface area contributed by atoms with Gasteiger partial charge in [-0.3, -0.25) is 14.4 Å². The fourth-order valence-electron chi connectivity index (χ4n) is 3.78. The Labute approximate surface area is 194 Å². The molecule has 6 nitrogen and oxygen atoms in total. The minimum absolute atomic E-state index is 0.0719. The molecule has 3 amide bonds. The van der Waals surface area contributed by atoms with Gasteiger partial charge in [0.05, 0.1) is 0 Å². The van der Waals surface area contributed by atoms with Gasteiger partial charge in [0.2, 0.25) is 5.91 Å². The van der Waals surface area contributed by atoms with E-state index in [1.807, 2.05) is 20.8 Å². The highest BCUT2D eigenvalue weighted by Gasteiger charge is 2.28. The molecule has 176 valence electrons. The van der Waals surface area contributed by atoms with Gasteiger partial charge in [-0.25, -0.2) is 4.39 Å². The van der Waals surface area contributed by atoms with Crippen LogP contribution in [0.4, 0.5) is 4.39 Å². The van der Waals surface area contributed by atoms with Crippen LogP contribution >= 0.6 is 0 Å². The highest BCUT2D eigenvalue weighted by atomic mass is 19.1. The highest BCUT2D eigenvalue weighted by molar-refractivity contribution is 5.98. The van der Waals surface area contributed by atoms with Crippen LogP contribution in [-0.2, 0) is 11.3 Å². The molecule has 1 saturated heterocycles. The Hall–Kier alpha value is -3.22. The first-order valence-electron chi connectivity index (χ1n) is 11.3. The van der Waals surface area contributed by atoms with Crippen LogP contribution in [-0.4, -0.2) is 41.2 Å². The van der Waals surface area contributed by atoms with Gasteiger partial charge in [0.25, 0.3) is 11.8 Å². The smallest absolute Gasteiger partial charge is 0.253 e. The molecule has 0 aliphatic carbocycles. The number of carbonyl (C=O) groups excluding carboxylic acids is 3. The van der Waals surface area contributed by atoms with Crippen molar-refractivity contribution in [3.63, 3.8) is 0 Å². The summed E-state index contributed by atoms with van der Waals surface area (Å²) >= 11 is 0. The molecule has 2 N–H and O–H groups in total. The predicted octanol–water partition coefficient (Wildman–Crippen LogP) is 3.83. The molecule has 0 atom stereocenters. The third-order valence-electron chi connectivity index (χ3n) is 5.74. The zero-order valence-electron chi connectivity index (χ0n) is 19.7. The van der Waals surface area contributed by atoms with Gasteiger partial charge in [-0.2, -0.15) is 0 Å². The number of likely N-dealkylation sites (tertiary alicyclic amines) is 1. The van der Waals surface area contributed by atoms with E-state index in [0.29, 0.717) is 42.6 Å². The van der Waals surface area contributed by atoms with Crippen molar-refractivity contribution in [3.8, 4) is 0 Å². The summed E-state index contributed by atoms with van der Waals surface area (Å²) in [5.41, 5.74) is 1.99. The number of halogens is 1. The van der Waals surface area contributed by atoms with Crippen LogP contribution in [0.2, 0.25) is 0 Å². The maximum absolute atomic E-state index is 13.7. The highest BCUT2D eigenvalue weighted by Crippen LogP contribution is 2.20. The largest absolute Gasteiger partial charge is 0.352 e. The summed E-state index contributed by atoms with van der Waals surface area (Å²) in [5.74, 6) is -0.810. The summed E-state index contributed by atoms with van der Waals surface area (Å²) in [6.45, 7) is 8.69. The van der Waals surface area contributed by atoms with E-state index >= 15 is 0 Å². The summed E-state index contributed by atoms with van der Waals surface area (Å²) in [6.07, 6.45) is 1.15. The Morgan fingerprint density at radius 1 is 1.00 bits per heavy atom. The Balaban J connectivity index is 1.49. The average molecular weight is 454 g/mol. The van der Waals surface area contributed by atoms with E-state index < -0.39 is 0 Å². The van der Waals surface area contributed by atoms with Crippen molar-refractivity contribution in [2.45, 2.75) is 52.6 Å². The molecule has 0 radical (unpaired) electrons. The Kier molecular flexibility index (Phi) is 7.51. The number of rotatable bonds is 5. The van der Waals surface area contributed by atoms with E-state index in [-0.39, 0.29) is 41.5 Å². The molecule has 2 aromatic carbocycles. The normalized spacial score (nSPS) is 14.6. The molecule has 2 aromatic rings. The zero-order valence-corrected chi connectivity index (χ0v) is 19.7. The molecular weight excluding hydrogens is 421 g/mol. The minimum atomic E-state index is -0.335.